The topological polar surface area (TPSA) is 54.7 Å². The van der Waals surface area contributed by atoms with Gasteiger partial charge in [-0.1, -0.05) is 18.2 Å². The van der Waals surface area contributed by atoms with E-state index in [1.165, 1.54) is 5.39 Å². The smallest absolute Gasteiger partial charge is 0.0864 e. The molecule has 0 aliphatic carbocycles. The van der Waals surface area contributed by atoms with Crippen LogP contribution in [0.3, 0.4) is 0 Å². The zero-order valence-corrected chi connectivity index (χ0v) is 11.2. The van der Waals surface area contributed by atoms with Gasteiger partial charge in [-0.05, 0) is 39.7 Å². The van der Waals surface area contributed by atoms with Crippen molar-refractivity contribution in [2.24, 2.45) is 5.73 Å². The molecule has 3 rings (SSSR count). The van der Waals surface area contributed by atoms with Gasteiger partial charge in [-0.25, -0.2) is 0 Å². The lowest BCUT2D eigenvalue weighted by molar-refractivity contribution is 1.05. The van der Waals surface area contributed by atoms with Gasteiger partial charge in [0.2, 0.25) is 0 Å². The molecule has 0 aliphatic heterocycles. The Kier molecular flexibility index (Phi) is 2.89. The summed E-state index contributed by atoms with van der Waals surface area (Å²) < 4.78 is 1.06. The Morgan fingerprint density at radius 2 is 2.11 bits per heavy atom. The minimum atomic E-state index is 0.519. The molecule has 4 heteroatoms. The lowest BCUT2D eigenvalue weighted by atomic mass is 10.2. The summed E-state index contributed by atoms with van der Waals surface area (Å²) >= 11 is 3.54. The highest BCUT2D eigenvalue weighted by Gasteiger charge is 2.06. The summed E-state index contributed by atoms with van der Waals surface area (Å²) in [6, 6.07) is 12.2. The van der Waals surface area contributed by atoms with E-state index in [2.05, 4.69) is 38.0 Å². The Morgan fingerprint density at radius 1 is 1.22 bits per heavy atom. The molecule has 0 aliphatic rings. The predicted molar refractivity (Wildman–Crippen MR) is 77.1 cm³/mol. The third kappa shape index (κ3) is 1.94. The largest absolute Gasteiger partial charge is 0.352 e. The molecule has 3 aromatic rings. The van der Waals surface area contributed by atoms with Crippen LogP contribution in [0.4, 0.5) is 0 Å². The molecule has 0 bridgehead atoms. The van der Waals surface area contributed by atoms with Crippen LogP contribution < -0.4 is 5.73 Å². The van der Waals surface area contributed by atoms with Crippen molar-refractivity contribution < 1.29 is 0 Å². The average molecular weight is 302 g/mol. The number of nitrogens with zero attached hydrogens (tertiary/aromatic N) is 1. The van der Waals surface area contributed by atoms with Crippen molar-refractivity contribution >= 4 is 26.8 Å². The van der Waals surface area contributed by atoms with Crippen LogP contribution in [-0.4, -0.2) is 9.97 Å². The quantitative estimate of drug-likeness (QED) is 0.762. The van der Waals surface area contributed by atoms with E-state index in [9.17, 15) is 0 Å². The number of hydrogen-bond acceptors (Lipinski definition) is 2. The van der Waals surface area contributed by atoms with E-state index >= 15 is 0 Å². The lowest BCUT2D eigenvalue weighted by Crippen LogP contribution is -1.96. The number of benzene rings is 1. The van der Waals surface area contributed by atoms with Gasteiger partial charge in [-0.15, -0.1) is 0 Å². The van der Waals surface area contributed by atoms with Crippen molar-refractivity contribution in [3.63, 3.8) is 0 Å². The fourth-order valence-electron chi connectivity index (χ4n) is 1.96. The molecule has 90 valence electrons. The van der Waals surface area contributed by atoms with E-state index in [1.807, 2.05) is 30.5 Å². The van der Waals surface area contributed by atoms with Crippen LogP contribution in [-0.2, 0) is 6.54 Å². The third-order valence-corrected chi connectivity index (χ3v) is 3.60. The maximum atomic E-state index is 5.57. The summed E-state index contributed by atoms with van der Waals surface area (Å²) in [4.78, 5) is 7.80. The summed E-state index contributed by atoms with van der Waals surface area (Å²) in [6.45, 7) is 0.519. The number of pyridine rings is 1. The van der Waals surface area contributed by atoms with Crippen molar-refractivity contribution in [1.29, 1.82) is 0 Å². The van der Waals surface area contributed by atoms with Crippen molar-refractivity contribution in [3.05, 3.63) is 52.6 Å². The second kappa shape index (κ2) is 4.55. The van der Waals surface area contributed by atoms with Gasteiger partial charge in [0, 0.05) is 22.6 Å². The molecule has 2 heterocycles. The fourth-order valence-corrected chi connectivity index (χ4v) is 2.44. The first kappa shape index (κ1) is 11.4. The lowest BCUT2D eigenvalue weighted by Gasteiger charge is -1.99. The van der Waals surface area contributed by atoms with E-state index < -0.39 is 0 Å². The maximum Gasteiger partial charge on any atom is 0.0864 e. The second-order valence-corrected chi connectivity index (χ2v) is 5.00. The predicted octanol–water partition coefficient (Wildman–Crippen LogP) is 3.45. The number of aromatic amines is 1. The molecule has 0 fully saturated rings. The highest BCUT2D eigenvalue weighted by atomic mass is 79.9. The SMILES string of the molecule is NCc1ccc(-c2cc3cccc(Br)c3[nH]2)nc1. The Morgan fingerprint density at radius 3 is 2.78 bits per heavy atom. The van der Waals surface area contributed by atoms with Crippen LogP contribution in [0, 0.1) is 0 Å². The average Bonchev–Trinajstić information content (AvgIpc) is 2.84. The van der Waals surface area contributed by atoms with Crippen molar-refractivity contribution in [2.75, 3.05) is 0 Å². The number of aromatic nitrogens is 2. The number of fused-ring (bicyclic) bond motifs is 1. The van der Waals surface area contributed by atoms with E-state index in [1.54, 1.807) is 0 Å². The number of rotatable bonds is 2. The zero-order valence-electron chi connectivity index (χ0n) is 9.65. The van der Waals surface area contributed by atoms with Gasteiger partial charge >= 0.3 is 0 Å². The van der Waals surface area contributed by atoms with Crippen LogP contribution in [0.2, 0.25) is 0 Å². The first-order chi connectivity index (χ1) is 8.78. The summed E-state index contributed by atoms with van der Waals surface area (Å²) in [5.74, 6) is 0. The first-order valence-corrected chi connectivity index (χ1v) is 6.50. The number of hydrogen-bond donors (Lipinski definition) is 2. The number of H-pyrrole nitrogens is 1. The zero-order chi connectivity index (χ0) is 12.5. The van der Waals surface area contributed by atoms with Gasteiger partial charge < -0.3 is 10.7 Å². The summed E-state index contributed by atoms with van der Waals surface area (Å²) in [5.41, 5.74) is 9.64. The minimum Gasteiger partial charge on any atom is -0.352 e. The van der Waals surface area contributed by atoms with Crippen LogP contribution >= 0.6 is 15.9 Å². The minimum absolute atomic E-state index is 0.519. The van der Waals surface area contributed by atoms with Gasteiger partial charge in [0.1, 0.15) is 0 Å². The molecular formula is C14H12BrN3. The molecule has 0 saturated carbocycles. The molecule has 3 N–H and O–H groups in total. The Balaban J connectivity index is 2.10. The molecule has 2 aromatic heterocycles. The maximum absolute atomic E-state index is 5.57. The second-order valence-electron chi connectivity index (χ2n) is 4.14. The summed E-state index contributed by atoms with van der Waals surface area (Å²) in [6.07, 6.45) is 1.82. The van der Waals surface area contributed by atoms with E-state index in [0.29, 0.717) is 6.54 Å². The Hall–Kier alpha value is -1.65. The van der Waals surface area contributed by atoms with E-state index in [0.717, 1.165) is 26.9 Å². The Bertz CT molecular complexity index is 686. The molecule has 0 saturated heterocycles. The molecule has 0 radical (unpaired) electrons. The number of para-hydroxylation sites is 1. The first-order valence-electron chi connectivity index (χ1n) is 5.70. The highest BCUT2D eigenvalue weighted by molar-refractivity contribution is 9.10. The molecule has 3 nitrogen and oxygen atoms in total. The van der Waals surface area contributed by atoms with Crippen LogP contribution in [0.1, 0.15) is 5.56 Å². The standard InChI is InChI=1S/C14H12BrN3/c15-11-3-1-2-10-6-13(18-14(10)11)12-5-4-9(7-16)8-17-12/h1-6,8,18H,7,16H2. The monoisotopic (exact) mass is 301 g/mol. The van der Waals surface area contributed by atoms with E-state index in [4.69, 9.17) is 5.73 Å². The third-order valence-electron chi connectivity index (χ3n) is 2.94. The molecule has 0 amide bonds. The molecule has 0 atom stereocenters. The van der Waals surface area contributed by atoms with Crippen molar-refractivity contribution in [1.82, 2.24) is 9.97 Å². The number of halogens is 1. The molecule has 0 unspecified atom stereocenters. The van der Waals surface area contributed by atoms with Gasteiger partial charge in [-0.2, -0.15) is 0 Å². The van der Waals surface area contributed by atoms with Gasteiger partial charge in [0.15, 0.2) is 0 Å². The Labute approximate surface area is 113 Å². The molecular weight excluding hydrogens is 290 g/mol. The fraction of sp³-hybridized carbons (Fsp3) is 0.0714. The normalized spacial score (nSPS) is 11.0. The van der Waals surface area contributed by atoms with Crippen LogP contribution in [0.15, 0.2) is 47.1 Å². The van der Waals surface area contributed by atoms with Crippen molar-refractivity contribution in [2.45, 2.75) is 6.54 Å². The van der Waals surface area contributed by atoms with E-state index in [-0.39, 0.29) is 0 Å². The van der Waals surface area contributed by atoms with Crippen LogP contribution in [0.5, 0.6) is 0 Å². The molecule has 1 aromatic carbocycles. The van der Waals surface area contributed by atoms with Crippen molar-refractivity contribution in [3.8, 4) is 11.4 Å². The number of nitrogens with two attached hydrogens (primary N) is 1. The number of nitrogens with one attached hydrogen (secondary N) is 1. The summed E-state index contributed by atoms with van der Waals surface area (Å²) in [5, 5.41) is 1.17. The summed E-state index contributed by atoms with van der Waals surface area (Å²) in [7, 11) is 0. The van der Waals surface area contributed by atoms with Gasteiger partial charge in [0.25, 0.3) is 0 Å². The van der Waals surface area contributed by atoms with Crippen LogP contribution in [0.25, 0.3) is 22.3 Å². The van der Waals surface area contributed by atoms with Gasteiger partial charge in [0.05, 0.1) is 16.9 Å². The van der Waals surface area contributed by atoms with Gasteiger partial charge in [-0.3, -0.25) is 4.98 Å². The highest BCUT2D eigenvalue weighted by Crippen LogP contribution is 2.27. The molecule has 18 heavy (non-hydrogen) atoms. The molecule has 0 spiro atoms.